The quantitative estimate of drug-likeness (QED) is 0.402. The summed E-state index contributed by atoms with van der Waals surface area (Å²) in [7, 11) is 0. The van der Waals surface area contributed by atoms with Gasteiger partial charge in [-0.25, -0.2) is 4.98 Å². The molecule has 2 amide bonds. The van der Waals surface area contributed by atoms with Gasteiger partial charge in [0.05, 0.1) is 18.5 Å². The highest BCUT2D eigenvalue weighted by molar-refractivity contribution is 5.91. The summed E-state index contributed by atoms with van der Waals surface area (Å²) in [5, 5.41) is 15.4. The number of hydrogen-bond donors (Lipinski definition) is 4. The van der Waals surface area contributed by atoms with Crippen LogP contribution in [-0.4, -0.2) is 51.9 Å². The van der Waals surface area contributed by atoms with Gasteiger partial charge in [0.1, 0.15) is 29.2 Å². The average molecular weight is 451 g/mol. The van der Waals surface area contributed by atoms with Gasteiger partial charge in [-0.15, -0.1) is 0 Å². The molecule has 172 valence electrons. The first-order chi connectivity index (χ1) is 15.9. The number of aliphatic carboxylic acids is 1. The third-order valence-electron chi connectivity index (χ3n) is 5.64. The molecule has 0 radical (unpaired) electrons. The fraction of sp³-hybridized carbons (Fsp3) is 0.304. The number of aromatic nitrogens is 1. The molecule has 1 aliphatic rings. The summed E-state index contributed by atoms with van der Waals surface area (Å²) in [6.45, 7) is 0.187. The van der Waals surface area contributed by atoms with Crippen molar-refractivity contribution >= 4 is 34.6 Å². The predicted octanol–water partition coefficient (Wildman–Crippen LogP) is 1.43. The van der Waals surface area contributed by atoms with Crippen molar-refractivity contribution in [1.82, 2.24) is 20.5 Å². The molecule has 0 bridgehead atoms. The SMILES string of the molecule is Nc1nccc2oc(CNC(=O)C3CCCN3C(=O)C(NCC(=O)O)c3ccccc3)cc12. The maximum atomic E-state index is 13.4. The second kappa shape index (κ2) is 9.70. The Morgan fingerprint density at radius 3 is 2.76 bits per heavy atom. The van der Waals surface area contributed by atoms with E-state index in [0.29, 0.717) is 47.5 Å². The predicted molar refractivity (Wildman–Crippen MR) is 120 cm³/mol. The van der Waals surface area contributed by atoms with Crippen LogP contribution in [0.25, 0.3) is 11.0 Å². The summed E-state index contributed by atoms with van der Waals surface area (Å²) in [6.07, 6.45) is 2.75. The molecule has 0 aliphatic carbocycles. The van der Waals surface area contributed by atoms with Gasteiger partial charge >= 0.3 is 5.97 Å². The Bertz CT molecular complexity index is 1160. The molecular weight excluding hydrogens is 426 g/mol. The highest BCUT2D eigenvalue weighted by Gasteiger charge is 2.37. The molecule has 2 aromatic heterocycles. The van der Waals surface area contributed by atoms with Crippen LogP contribution >= 0.6 is 0 Å². The Labute approximate surface area is 189 Å². The third kappa shape index (κ3) is 4.96. The molecule has 0 saturated carbocycles. The summed E-state index contributed by atoms with van der Waals surface area (Å²) < 4.78 is 5.71. The van der Waals surface area contributed by atoms with Crippen LogP contribution in [0.4, 0.5) is 5.82 Å². The monoisotopic (exact) mass is 451 g/mol. The van der Waals surface area contributed by atoms with Gasteiger partial charge in [-0.3, -0.25) is 19.7 Å². The number of furan rings is 1. The van der Waals surface area contributed by atoms with Crippen molar-refractivity contribution in [3.63, 3.8) is 0 Å². The van der Waals surface area contributed by atoms with Crippen LogP contribution in [0.15, 0.2) is 53.1 Å². The third-order valence-corrected chi connectivity index (χ3v) is 5.64. The number of nitrogen functional groups attached to an aromatic ring is 1. The van der Waals surface area contributed by atoms with E-state index in [9.17, 15) is 14.4 Å². The fourth-order valence-corrected chi connectivity index (χ4v) is 4.07. The van der Waals surface area contributed by atoms with Crippen LogP contribution in [-0.2, 0) is 20.9 Å². The molecule has 5 N–H and O–H groups in total. The van der Waals surface area contributed by atoms with Gasteiger partial charge in [0.15, 0.2) is 0 Å². The molecule has 1 saturated heterocycles. The van der Waals surface area contributed by atoms with Gasteiger partial charge in [-0.1, -0.05) is 30.3 Å². The Morgan fingerprint density at radius 2 is 2.03 bits per heavy atom. The summed E-state index contributed by atoms with van der Waals surface area (Å²) in [4.78, 5) is 42.9. The standard InChI is InChI=1S/C23H25N5O5/c24-21-16-11-15(33-18(16)8-9-25-21)12-27-22(31)17-7-4-10-28(17)23(32)20(26-13-19(29)30)14-5-2-1-3-6-14/h1-3,5-6,8-9,11,17,20,26H,4,7,10,12-13H2,(H2,24,25)(H,27,31)(H,29,30). The molecule has 2 unspecified atom stereocenters. The Kier molecular flexibility index (Phi) is 6.55. The molecular formula is C23H25N5O5. The first kappa shape index (κ1) is 22.3. The minimum absolute atomic E-state index is 0.144. The number of amides is 2. The van der Waals surface area contributed by atoms with Gasteiger partial charge in [-0.2, -0.15) is 0 Å². The van der Waals surface area contributed by atoms with Crippen LogP contribution in [0.5, 0.6) is 0 Å². The lowest BCUT2D eigenvalue weighted by atomic mass is 10.0. The van der Waals surface area contributed by atoms with Crippen LogP contribution in [0.2, 0.25) is 0 Å². The number of fused-ring (bicyclic) bond motifs is 1. The van der Waals surface area contributed by atoms with E-state index in [1.54, 1.807) is 42.6 Å². The Hall–Kier alpha value is -3.92. The molecule has 4 rings (SSSR count). The van der Waals surface area contributed by atoms with Gasteiger partial charge in [0.25, 0.3) is 0 Å². The smallest absolute Gasteiger partial charge is 0.317 e. The van der Waals surface area contributed by atoms with E-state index in [2.05, 4.69) is 15.6 Å². The fourth-order valence-electron chi connectivity index (χ4n) is 4.07. The molecule has 3 aromatic rings. The zero-order valence-corrected chi connectivity index (χ0v) is 17.9. The molecule has 3 heterocycles. The number of carbonyl (C=O) groups excluding carboxylic acids is 2. The Balaban J connectivity index is 1.45. The van der Waals surface area contributed by atoms with Gasteiger partial charge in [0, 0.05) is 12.7 Å². The zero-order chi connectivity index (χ0) is 23.4. The molecule has 1 fully saturated rings. The van der Waals surface area contributed by atoms with Crippen molar-refractivity contribution in [2.45, 2.75) is 31.5 Å². The molecule has 2 atom stereocenters. The van der Waals surface area contributed by atoms with Crippen molar-refractivity contribution in [2.24, 2.45) is 0 Å². The number of pyridine rings is 1. The lowest BCUT2D eigenvalue weighted by Gasteiger charge is -2.28. The van der Waals surface area contributed by atoms with E-state index < -0.39 is 18.1 Å². The molecule has 1 aromatic carbocycles. The van der Waals surface area contributed by atoms with Gasteiger partial charge in [0.2, 0.25) is 11.8 Å². The highest BCUT2D eigenvalue weighted by atomic mass is 16.4. The molecule has 33 heavy (non-hydrogen) atoms. The number of carboxylic acids is 1. The molecule has 1 aliphatic heterocycles. The van der Waals surface area contributed by atoms with E-state index in [-0.39, 0.29) is 24.9 Å². The van der Waals surface area contributed by atoms with E-state index in [4.69, 9.17) is 15.3 Å². The lowest BCUT2D eigenvalue weighted by Crippen LogP contribution is -2.49. The number of benzene rings is 1. The van der Waals surface area contributed by atoms with E-state index in [1.807, 2.05) is 6.07 Å². The van der Waals surface area contributed by atoms with Crippen LogP contribution in [0.1, 0.15) is 30.2 Å². The van der Waals surface area contributed by atoms with E-state index in [1.165, 1.54) is 4.90 Å². The van der Waals surface area contributed by atoms with Gasteiger partial charge < -0.3 is 25.5 Å². The van der Waals surface area contributed by atoms with Crippen molar-refractivity contribution in [2.75, 3.05) is 18.8 Å². The Morgan fingerprint density at radius 1 is 1.24 bits per heavy atom. The normalized spacial score (nSPS) is 16.6. The first-order valence-corrected chi connectivity index (χ1v) is 10.6. The highest BCUT2D eigenvalue weighted by Crippen LogP contribution is 2.25. The second-order valence-corrected chi connectivity index (χ2v) is 7.85. The number of anilines is 1. The summed E-state index contributed by atoms with van der Waals surface area (Å²) in [5.41, 5.74) is 7.08. The van der Waals surface area contributed by atoms with Crippen LogP contribution in [0, 0.1) is 0 Å². The number of likely N-dealkylation sites (tertiary alicyclic amines) is 1. The van der Waals surface area contributed by atoms with Crippen molar-refractivity contribution in [3.05, 3.63) is 60.0 Å². The largest absolute Gasteiger partial charge is 0.480 e. The summed E-state index contributed by atoms with van der Waals surface area (Å²) in [5.74, 6) is -0.817. The minimum Gasteiger partial charge on any atom is -0.480 e. The number of hydrogen-bond acceptors (Lipinski definition) is 7. The number of carboxylic acid groups (broad SMARTS) is 1. The number of nitrogens with zero attached hydrogens (tertiary/aromatic N) is 2. The first-order valence-electron chi connectivity index (χ1n) is 10.6. The summed E-state index contributed by atoms with van der Waals surface area (Å²) in [6, 6.07) is 10.8. The maximum absolute atomic E-state index is 13.4. The second-order valence-electron chi connectivity index (χ2n) is 7.85. The van der Waals surface area contributed by atoms with Crippen molar-refractivity contribution < 1.29 is 23.9 Å². The minimum atomic E-state index is -1.07. The average Bonchev–Trinajstić information content (AvgIpc) is 3.46. The van der Waals surface area contributed by atoms with Crippen LogP contribution < -0.4 is 16.4 Å². The molecule has 10 heteroatoms. The van der Waals surface area contributed by atoms with Crippen molar-refractivity contribution in [1.29, 1.82) is 0 Å². The zero-order valence-electron chi connectivity index (χ0n) is 17.9. The topological polar surface area (TPSA) is 151 Å². The van der Waals surface area contributed by atoms with Crippen LogP contribution in [0.3, 0.4) is 0 Å². The lowest BCUT2D eigenvalue weighted by molar-refractivity contribution is -0.141. The number of rotatable bonds is 8. The van der Waals surface area contributed by atoms with Crippen molar-refractivity contribution in [3.8, 4) is 0 Å². The number of nitrogens with two attached hydrogens (primary N) is 1. The van der Waals surface area contributed by atoms with E-state index >= 15 is 0 Å². The van der Waals surface area contributed by atoms with E-state index in [0.717, 1.165) is 0 Å². The molecule has 0 spiro atoms. The number of carbonyl (C=O) groups is 3. The summed E-state index contributed by atoms with van der Waals surface area (Å²) >= 11 is 0. The maximum Gasteiger partial charge on any atom is 0.317 e. The number of nitrogens with one attached hydrogen (secondary N) is 2. The van der Waals surface area contributed by atoms with Gasteiger partial charge in [-0.05, 0) is 30.5 Å². The molecule has 10 nitrogen and oxygen atoms in total.